The van der Waals surface area contributed by atoms with Crippen LogP contribution in [0.15, 0.2) is 18.3 Å². The molecule has 1 aliphatic carbocycles. The number of hydrogen-bond acceptors (Lipinski definition) is 4. The van der Waals surface area contributed by atoms with Gasteiger partial charge in [-0.2, -0.15) is 0 Å². The van der Waals surface area contributed by atoms with Crippen molar-refractivity contribution in [3.05, 3.63) is 40.8 Å². The molecule has 0 radical (unpaired) electrons. The minimum Gasteiger partial charge on any atom is -0.399 e. The van der Waals surface area contributed by atoms with Gasteiger partial charge in [-0.1, -0.05) is 6.92 Å². The van der Waals surface area contributed by atoms with Gasteiger partial charge in [-0.3, -0.25) is 9.69 Å². The minimum atomic E-state index is -0.460. The Balaban J connectivity index is 1.51. The second-order valence-corrected chi connectivity index (χ2v) is 9.96. The Morgan fingerprint density at radius 1 is 1.10 bits per heavy atom. The maximum Gasteiger partial charge on any atom is 0.495 e. The Morgan fingerprint density at radius 3 is 2.52 bits per heavy atom. The van der Waals surface area contributed by atoms with E-state index >= 15 is 0 Å². The first-order valence-corrected chi connectivity index (χ1v) is 11.6. The van der Waals surface area contributed by atoms with Crippen molar-refractivity contribution in [3.63, 3.8) is 0 Å². The number of aryl methyl sites for hydroxylation is 1. The third kappa shape index (κ3) is 3.16. The van der Waals surface area contributed by atoms with Crippen LogP contribution < -0.4 is 10.4 Å². The van der Waals surface area contributed by atoms with Crippen LogP contribution in [0.5, 0.6) is 0 Å². The maximum absolute atomic E-state index is 13.5. The Bertz CT molecular complexity index is 1030. The van der Waals surface area contributed by atoms with Gasteiger partial charge in [0, 0.05) is 25.0 Å². The largest absolute Gasteiger partial charge is 0.495 e. The highest BCUT2D eigenvalue weighted by atomic mass is 16.7. The Morgan fingerprint density at radius 2 is 1.81 bits per heavy atom. The van der Waals surface area contributed by atoms with Gasteiger partial charge in [0.15, 0.2) is 0 Å². The molecule has 3 aliphatic rings. The third-order valence-electron chi connectivity index (χ3n) is 7.61. The normalized spacial score (nSPS) is 21.9. The summed E-state index contributed by atoms with van der Waals surface area (Å²) < 4.78 is 14.9. The molecule has 0 bridgehead atoms. The van der Waals surface area contributed by atoms with E-state index in [0.717, 1.165) is 48.3 Å². The fourth-order valence-electron chi connectivity index (χ4n) is 5.12. The summed E-state index contributed by atoms with van der Waals surface area (Å²) in [4.78, 5) is 20.1. The summed E-state index contributed by atoms with van der Waals surface area (Å²) in [6.07, 6.45) is 7.12. The predicted octanol–water partition coefficient (Wildman–Crippen LogP) is 3.28. The number of pyridine rings is 1. The van der Waals surface area contributed by atoms with Crippen molar-refractivity contribution in [1.29, 1.82) is 0 Å². The lowest BCUT2D eigenvalue weighted by Gasteiger charge is -2.32. The first-order valence-electron chi connectivity index (χ1n) is 11.6. The SMILES string of the molecule is CCc1c(B2OC(C)(C)C(C)(C)O2)ccnc1N1CCn2c(cc3c2CCCC3)C1=O. The lowest BCUT2D eigenvalue weighted by atomic mass is 9.75. The molecule has 164 valence electrons. The zero-order valence-electron chi connectivity index (χ0n) is 19.3. The first-order chi connectivity index (χ1) is 14.7. The lowest BCUT2D eigenvalue weighted by molar-refractivity contribution is 0.00578. The van der Waals surface area contributed by atoms with Crippen molar-refractivity contribution in [3.8, 4) is 0 Å². The van der Waals surface area contributed by atoms with Crippen LogP contribution >= 0.6 is 0 Å². The van der Waals surface area contributed by atoms with Crippen molar-refractivity contribution >= 4 is 24.3 Å². The number of nitrogens with zero attached hydrogens (tertiary/aromatic N) is 3. The first kappa shape index (κ1) is 20.8. The molecule has 0 unspecified atom stereocenters. The standard InChI is InChI=1S/C24H32BN3O3/c1-6-17-18(25-30-23(2,3)24(4,5)31-25)11-12-26-21(17)28-14-13-27-19-10-8-7-9-16(19)15-20(27)22(28)29/h11-12,15H,6-10,13-14H2,1-5H3. The third-order valence-corrected chi connectivity index (χ3v) is 7.61. The van der Waals surface area contributed by atoms with E-state index in [1.165, 1.54) is 24.1 Å². The van der Waals surface area contributed by atoms with Crippen LogP contribution in [0.2, 0.25) is 0 Å². The molecule has 1 fully saturated rings. The van der Waals surface area contributed by atoms with Crippen LogP contribution in [-0.4, -0.2) is 40.3 Å². The molecule has 5 rings (SSSR count). The Kier molecular flexibility index (Phi) is 4.83. The zero-order chi connectivity index (χ0) is 22.0. The lowest BCUT2D eigenvalue weighted by Crippen LogP contribution is -2.44. The van der Waals surface area contributed by atoms with E-state index in [9.17, 15) is 4.79 Å². The van der Waals surface area contributed by atoms with Gasteiger partial charge < -0.3 is 13.9 Å². The van der Waals surface area contributed by atoms with E-state index in [-0.39, 0.29) is 5.91 Å². The molecule has 1 saturated heterocycles. The van der Waals surface area contributed by atoms with Crippen LogP contribution in [0, 0.1) is 0 Å². The van der Waals surface area contributed by atoms with Crippen molar-refractivity contribution in [2.24, 2.45) is 0 Å². The van der Waals surface area contributed by atoms with Crippen molar-refractivity contribution in [2.45, 2.75) is 84.5 Å². The molecule has 4 heterocycles. The molecule has 2 aromatic heterocycles. The maximum atomic E-state index is 13.5. The summed E-state index contributed by atoms with van der Waals surface area (Å²) in [5, 5.41) is 0. The van der Waals surface area contributed by atoms with Gasteiger partial charge in [-0.05, 0) is 88.5 Å². The van der Waals surface area contributed by atoms with Gasteiger partial charge in [0.1, 0.15) is 11.5 Å². The van der Waals surface area contributed by atoms with Crippen LogP contribution in [0.25, 0.3) is 0 Å². The number of anilines is 1. The Labute approximate surface area is 185 Å². The molecule has 0 spiro atoms. The zero-order valence-corrected chi connectivity index (χ0v) is 19.3. The fourth-order valence-corrected chi connectivity index (χ4v) is 5.12. The van der Waals surface area contributed by atoms with E-state index in [1.807, 2.05) is 11.0 Å². The van der Waals surface area contributed by atoms with Gasteiger partial charge >= 0.3 is 7.12 Å². The van der Waals surface area contributed by atoms with E-state index in [1.54, 1.807) is 6.20 Å². The van der Waals surface area contributed by atoms with E-state index in [2.05, 4.69) is 50.2 Å². The number of aromatic nitrogens is 2. The summed E-state index contributed by atoms with van der Waals surface area (Å²) in [7, 11) is -0.460. The van der Waals surface area contributed by atoms with Crippen molar-refractivity contribution in [1.82, 2.24) is 9.55 Å². The highest BCUT2D eigenvalue weighted by Crippen LogP contribution is 2.37. The molecule has 0 N–H and O–H groups in total. The van der Waals surface area contributed by atoms with Crippen LogP contribution in [-0.2, 0) is 35.1 Å². The number of amides is 1. The van der Waals surface area contributed by atoms with Gasteiger partial charge in [0.2, 0.25) is 0 Å². The molecule has 0 aromatic carbocycles. The average Bonchev–Trinajstić information content (AvgIpc) is 3.22. The van der Waals surface area contributed by atoms with Gasteiger partial charge in [0.05, 0.1) is 11.2 Å². The molecule has 1 amide bonds. The van der Waals surface area contributed by atoms with E-state index in [0.29, 0.717) is 6.54 Å². The summed E-state index contributed by atoms with van der Waals surface area (Å²) in [6.45, 7) is 11.8. The number of carbonyl (C=O) groups excluding carboxylic acids is 1. The second-order valence-electron chi connectivity index (χ2n) is 9.96. The minimum absolute atomic E-state index is 0.0499. The van der Waals surface area contributed by atoms with Crippen LogP contribution in [0.3, 0.4) is 0 Å². The van der Waals surface area contributed by atoms with E-state index in [4.69, 9.17) is 9.31 Å². The van der Waals surface area contributed by atoms with E-state index < -0.39 is 18.3 Å². The molecule has 31 heavy (non-hydrogen) atoms. The van der Waals surface area contributed by atoms with Gasteiger partial charge in [0.25, 0.3) is 5.91 Å². The molecular formula is C24H32BN3O3. The fraction of sp³-hybridized carbons (Fsp3) is 0.583. The predicted molar refractivity (Wildman–Crippen MR) is 122 cm³/mol. The highest BCUT2D eigenvalue weighted by Gasteiger charge is 2.52. The second kappa shape index (κ2) is 7.21. The molecule has 2 aromatic rings. The Hall–Kier alpha value is -2.12. The number of fused-ring (bicyclic) bond motifs is 3. The molecule has 0 saturated carbocycles. The molecular weight excluding hydrogens is 389 g/mol. The van der Waals surface area contributed by atoms with Gasteiger partial charge in [-0.15, -0.1) is 0 Å². The molecule has 6 nitrogen and oxygen atoms in total. The smallest absolute Gasteiger partial charge is 0.399 e. The molecule has 0 atom stereocenters. The van der Waals surface area contributed by atoms with Crippen LogP contribution in [0.4, 0.5) is 5.82 Å². The number of carbonyl (C=O) groups is 1. The summed E-state index contributed by atoms with van der Waals surface area (Å²) in [5.74, 6) is 0.791. The summed E-state index contributed by atoms with van der Waals surface area (Å²) >= 11 is 0. The highest BCUT2D eigenvalue weighted by molar-refractivity contribution is 6.62. The topological polar surface area (TPSA) is 56.6 Å². The van der Waals surface area contributed by atoms with Gasteiger partial charge in [-0.25, -0.2) is 4.98 Å². The molecule has 2 aliphatic heterocycles. The number of hydrogen-bond donors (Lipinski definition) is 0. The monoisotopic (exact) mass is 421 g/mol. The average molecular weight is 421 g/mol. The summed E-state index contributed by atoms with van der Waals surface area (Å²) in [5.41, 5.74) is 4.70. The van der Waals surface area contributed by atoms with Crippen molar-refractivity contribution < 1.29 is 14.1 Å². The quantitative estimate of drug-likeness (QED) is 0.714. The number of rotatable bonds is 3. The summed E-state index contributed by atoms with van der Waals surface area (Å²) in [6, 6.07) is 4.09. The van der Waals surface area contributed by atoms with Crippen LogP contribution in [0.1, 0.15) is 74.8 Å². The van der Waals surface area contributed by atoms with Crippen molar-refractivity contribution in [2.75, 3.05) is 11.4 Å². The molecule has 7 heteroatoms.